The molecule has 2 rings (SSSR count). The van der Waals surface area contributed by atoms with Gasteiger partial charge in [0.1, 0.15) is 6.04 Å². The molecule has 19 heavy (non-hydrogen) atoms. The molecule has 2 fully saturated rings. The average Bonchev–Trinajstić information content (AvgIpc) is 2.70. The second-order valence-electron chi connectivity index (χ2n) is 5.76. The number of carbonyl (C=O) groups is 2. The van der Waals surface area contributed by atoms with Crippen LogP contribution in [-0.2, 0) is 4.79 Å². The van der Waals surface area contributed by atoms with Crippen molar-refractivity contribution >= 4 is 12.0 Å². The van der Waals surface area contributed by atoms with Crippen LogP contribution in [0.3, 0.4) is 0 Å². The van der Waals surface area contributed by atoms with Gasteiger partial charge in [0.05, 0.1) is 6.10 Å². The van der Waals surface area contributed by atoms with Crippen molar-refractivity contribution in [1.29, 1.82) is 0 Å². The van der Waals surface area contributed by atoms with Gasteiger partial charge in [-0.1, -0.05) is 13.3 Å². The summed E-state index contributed by atoms with van der Waals surface area (Å²) >= 11 is 0. The van der Waals surface area contributed by atoms with Gasteiger partial charge in [0.25, 0.3) is 0 Å². The number of nitrogens with zero attached hydrogens (tertiary/aromatic N) is 1. The van der Waals surface area contributed by atoms with Crippen LogP contribution in [0.2, 0.25) is 0 Å². The summed E-state index contributed by atoms with van der Waals surface area (Å²) in [7, 11) is 0. The summed E-state index contributed by atoms with van der Waals surface area (Å²) in [6.45, 7) is 2.81. The lowest BCUT2D eigenvalue weighted by atomic mass is 9.67. The number of amides is 2. The molecule has 1 aliphatic carbocycles. The predicted octanol–water partition coefficient (Wildman–Crippen LogP) is 0.796. The summed E-state index contributed by atoms with van der Waals surface area (Å²) in [4.78, 5) is 24.3. The number of hydrogen-bond donors (Lipinski definition) is 3. The Morgan fingerprint density at radius 3 is 2.58 bits per heavy atom. The molecular formula is C13H22N2O4. The van der Waals surface area contributed by atoms with Crippen molar-refractivity contribution in [2.45, 2.75) is 51.2 Å². The van der Waals surface area contributed by atoms with Gasteiger partial charge in [0.2, 0.25) is 0 Å². The molecule has 0 radical (unpaired) electrons. The number of β-amino-alcohol motifs (C(OH)–C–C–N with tert-alkyl or cyclic N) is 1. The number of rotatable bonds is 4. The molecule has 6 heteroatoms. The number of urea groups is 1. The fourth-order valence-electron chi connectivity index (χ4n) is 2.97. The third-order valence-corrected chi connectivity index (χ3v) is 4.60. The van der Waals surface area contributed by atoms with Crippen LogP contribution in [0.1, 0.15) is 39.0 Å². The minimum atomic E-state index is -1.06. The minimum absolute atomic E-state index is 0.0991. The highest BCUT2D eigenvalue weighted by atomic mass is 16.4. The monoisotopic (exact) mass is 270 g/mol. The van der Waals surface area contributed by atoms with Gasteiger partial charge in [-0.25, -0.2) is 9.59 Å². The molecule has 0 bridgehead atoms. The molecule has 3 N–H and O–H groups in total. The van der Waals surface area contributed by atoms with E-state index in [1.807, 2.05) is 0 Å². The predicted molar refractivity (Wildman–Crippen MR) is 68.7 cm³/mol. The SMILES string of the molecule is CCC1(CNC(=O)N2C[C@H](O)C[C@@H]2C(=O)O)CCC1. The first-order chi connectivity index (χ1) is 8.97. The van der Waals surface area contributed by atoms with E-state index in [-0.39, 0.29) is 24.4 Å². The van der Waals surface area contributed by atoms with E-state index in [2.05, 4.69) is 12.2 Å². The number of aliphatic hydroxyl groups excluding tert-OH is 1. The van der Waals surface area contributed by atoms with E-state index in [0.29, 0.717) is 6.54 Å². The van der Waals surface area contributed by atoms with Crippen molar-refractivity contribution in [3.63, 3.8) is 0 Å². The van der Waals surface area contributed by atoms with Crippen LogP contribution >= 0.6 is 0 Å². The fraction of sp³-hybridized carbons (Fsp3) is 0.846. The van der Waals surface area contributed by atoms with Crippen molar-refractivity contribution < 1.29 is 19.8 Å². The molecule has 0 unspecified atom stereocenters. The molecule has 6 nitrogen and oxygen atoms in total. The molecular weight excluding hydrogens is 248 g/mol. The Morgan fingerprint density at radius 2 is 2.11 bits per heavy atom. The summed E-state index contributed by atoms with van der Waals surface area (Å²) in [6, 6.07) is -1.28. The lowest BCUT2D eigenvalue weighted by molar-refractivity contribution is -0.141. The van der Waals surface area contributed by atoms with Gasteiger partial charge in [0, 0.05) is 19.5 Å². The maximum Gasteiger partial charge on any atom is 0.326 e. The highest BCUT2D eigenvalue weighted by molar-refractivity contribution is 5.83. The highest BCUT2D eigenvalue weighted by Gasteiger charge is 2.40. The maximum absolute atomic E-state index is 12.0. The third-order valence-electron chi connectivity index (χ3n) is 4.60. The van der Waals surface area contributed by atoms with Crippen LogP contribution < -0.4 is 5.32 Å². The standard InChI is InChI=1S/C13H22N2O4/c1-2-13(4-3-5-13)8-14-12(19)15-7-9(16)6-10(15)11(17)18/h9-10,16H,2-8H2,1H3,(H,14,19)(H,17,18)/t9-,10-/m1/s1. The van der Waals surface area contributed by atoms with Crippen molar-refractivity contribution in [2.24, 2.45) is 5.41 Å². The molecule has 2 atom stereocenters. The van der Waals surface area contributed by atoms with E-state index < -0.39 is 18.1 Å². The molecule has 1 saturated heterocycles. The molecule has 0 aromatic heterocycles. The van der Waals surface area contributed by atoms with E-state index in [9.17, 15) is 14.7 Å². The quantitative estimate of drug-likeness (QED) is 0.704. The van der Waals surface area contributed by atoms with E-state index >= 15 is 0 Å². The largest absolute Gasteiger partial charge is 0.480 e. The summed E-state index contributed by atoms with van der Waals surface area (Å²) < 4.78 is 0. The van der Waals surface area contributed by atoms with E-state index in [1.165, 1.54) is 11.3 Å². The second-order valence-corrected chi connectivity index (χ2v) is 5.76. The van der Waals surface area contributed by atoms with Gasteiger partial charge in [0.15, 0.2) is 0 Å². The zero-order valence-electron chi connectivity index (χ0n) is 11.3. The minimum Gasteiger partial charge on any atom is -0.480 e. The van der Waals surface area contributed by atoms with Crippen LogP contribution in [0.15, 0.2) is 0 Å². The molecule has 2 aliphatic rings. The summed E-state index contributed by atoms with van der Waals surface area (Å²) in [5.41, 5.74) is 0.201. The Balaban J connectivity index is 1.90. The van der Waals surface area contributed by atoms with Gasteiger partial charge in [-0.2, -0.15) is 0 Å². The number of likely N-dealkylation sites (tertiary alicyclic amines) is 1. The van der Waals surface area contributed by atoms with Crippen LogP contribution in [0.4, 0.5) is 4.79 Å². The van der Waals surface area contributed by atoms with E-state index in [0.717, 1.165) is 19.3 Å². The number of carboxylic acid groups (broad SMARTS) is 1. The lowest BCUT2D eigenvalue weighted by Gasteiger charge is -2.41. The Morgan fingerprint density at radius 1 is 1.42 bits per heavy atom. The molecule has 2 amide bonds. The van der Waals surface area contributed by atoms with Crippen molar-refractivity contribution in [3.8, 4) is 0 Å². The fourth-order valence-corrected chi connectivity index (χ4v) is 2.97. The van der Waals surface area contributed by atoms with Crippen molar-refractivity contribution in [3.05, 3.63) is 0 Å². The Labute approximate surface area is 112 Å². The summed E-state index contributed by atoms with van der Waals surface area (Å²) in [5, 5.41) is 21.4. The second kappa shape index (κ2) is 5.36. The normalized spacial score (nSPS) is 28.8. The maximum atomic E-state index is 12.0. The van der Waals surface area contributed by atoms with Crippen molar-refractivity contribution in [1.82, 2.24) is 10.2 Å². The zero-order chi connectivity index (χ0) is 14.0. The first kappa shape index (κ1) is 14.1. The van der Waals surface area contributed by atoms with Crippen LogP contribution in [0, 0.1) is 5.41 Å². The molecule has 1 heterocycles. The Hall–Kier alpha value is -1.30. The van der Waals surface area contributed by atoms with Gasteiger partial charge in [-0.3, -0.25) is 0 Å². The molecule has 1 saturated carbocycles. The van der Waals surface area contributed by atoms with Gasteiger partial charge < -0.3 is 20.4 Å². The summed E-state index contributed by atoms with van der Waals surface area (Å²) in [6.07, 6.45) is 3.84. The Bertz CT molecular complexity index is 362. The highest BCUT2D eigenvalue weighted by Crippen LogP contribution is 2.43. The van der Waals surface area contributed by atoms with Crippen LogP contribution in [0.5, 0.6) is 0 Å². The van der Waals surface area contributed by atoms with Crippen LogP contribution in [0.25, 0.3) is 0 Å². The van der Waals surface area contributed by atoms with Crippen molar-refractivity contribution in [2.75, 3.05) is 13.1 Å². The van der Waals surface area contributed by atoms with Gasteiger partial charge in [-0.05, 0) is 24.7 Å². The van der Waals surface area contributed by atoms with Gasteiger partial charge >= 0.3 is 12.0 Å². The smallest absolute Gasteiger partial charge is 0.326 e. The number of aliphatic hydroxyl groups is 1. The molecule has 0 aromatic rings. The number of carboxylic acids is 1. The number of carbonyl (C=O) groups excluding carboxylic acids is 1. The molecule has 1 aliphatic heterocycles. The third kappa shape index (κ3) is 2.83. The van der Waals surface area contributed by atoms with E-state index in [1.54, 1.807) is 0 Å². The number of hydrogen-bond acceptors (Lipinski definition) is 3. The Kier molecular flexibility index (Phi) is 3.99. The number of aliphatic carboxylic acids is 1. The topological polar surface area (TPSA) is 89.9 Å². The first-order valence-corrected chi connectivity index (χ1v) is 6.93. The van der Waals surface area contributed by atoms with Gasteiger partial charge in [-0.15, -0.1) is 0 Å². The summed E-state index contributed by atoms with van der Waals surface area (Å²) in [5.74, 6) is -1.06. The first-order valence-electron chi connectivity index (χ1n) is 6.93. The zero-order valence-corrected chi connectivity index (χ0v) is 11.3. The van der Waals surface area contributed by atoms with E-state index in [4.69, 9.17) is 5.11 Å². The molecule has 0 aromatic carbocycles. The average molecular weight is 270 g/mol. The lowest BCUT2D eigenvalue weighted by Crippen LogP contribution is -2.50. The molecule has 108 valence electrons. The molecule has 0 spiro atoms. The van der Waals surface area contributed by atoms with Crippen LogP contribution in [-0.4, -0.2) is 52.3 Å². The number of nitrogens with one attached hydrogen (secondary N) is 1.